The second-order valence-corrected chi connectivity index (χ2v) is 4.44. The summed E-state index contributed by atoms with van der Waals surface area (Å²) in [6.07, 6.45) is 2.72. The van der Waals surface area contributed by atoms with E-state index in [1.165, 1.54) is 4.68 Å². The van der Waals surface area contributed by atoms with Crippen LogP contribution < -0.4 is 15.8 Å². The van der Waals surface area contributed by atoms with Crippen LogP contribution in [0.3, 0.4) is 0 Å². The van der Waals surface area contributed by atoms with Gasteiger partial charge in [-0.05, 0) is 35.9 Å². The maximum atomic E-state index is 11.6. The van der Waals surface area contributed by atoms with Crippen LogP contribution >= 0.6 is 15.9 Å². The summed E-state index contributed by atoms with van der Waals surface area (Å²) in [6.45, 7) is 1.84. The van der Waals surface area contributed by atoms with Crippen LogP contribution in [0.4, 0.5) is 5.69 Å². The van der Waals surface area contributed by atoms with E-state index in [9.17, 15) is 4.79 Å². The zero-order valence-corrected chi connectivity index (χ0v) is 11.4. The predicted octanol–water partition coefficient (Wildman–Crippen LogP) is 0.588. The van der Waals surface area contributed by atoms with Crippen molar-refractivity contribution >= 4 is 21.6 Å². The summed E-state index contributed by atoms with van der Waals surface area (Å²) < 4.78 is 1.88. The number of hydrogen-bond acceptors (Lipinski definition) is 4. The van der Waals surface area contributed by atoms with Crippen LogP contribution in [0.15, 0.2) is 15.5 Å². The largest absolute Gasteiger partial charge is 0.372 e. The van der Waals surface area contributed by atoms with Crippen molar-refractivity contribution < 1.29 is 0 Å². The molecule has 0 fully saturated rings. The Morgan fingerprint density at radius 3 is 2.94 bits per heavy atom. The molecule has 5 nitrogen and oxygen atoms in total. The molecule has 0 aliphatic rings. The lowest BCUT2D eigenvalue weighted by Crippen LogP contribution is -2.27. The molecule has 1 aromatic rings. The summed E-state index contributed by atoms with van der Waals surface area (Å²) in [5.41, 5.74) is 0.720. The number of hydrogen-bond donors (Lipinski definition) is 1. The van der Waals surface area contributed by atoms with E-state index in [0.29, 0.717) is 4.47 Å². The van der Waals surface area contributed by atoms with E-state index in [-0.39, 0.29) is 5.56 Å². The van der Waals surface area contributed by atoms with Gasteiger partial charge in [0.25, 0.3) is 5.56 Å². The smallest absolute Gasteiger partial charge is 0.282 e. The summed E-state index contributed by atoms with van der Waals surface area (Å²) in [5, 5.41) is 7.10. The SMILES string of the molecule is CNCCCN(C)c1cnn(C)c(=O)c1Br. The van der Waals surface area contributed by atoms with Crippen molar-refractivity contribution in [2.75, 3.05) is 32.1 Å². The molecule has 0 radical (unpaired) electrons. The molecule has 0 aromatic carbocycles. The van der Waals surface area contributed by atoms with E-state index in [4.69, 9.17) is 0 Å². The summed E-state index contributed by atoms with van der Waals surface area (Å²) in [4.78, 5) is 13.7. The number of rotatable bonds is 5. The van der Waals surface area contributed by atoms with Crippen molar-refractivity contribution in [3.63, 3.8) is 0 Å². The molecule has 6 heteroatoms. The normalized spacial score (nSPS) is 10.5. The van der Waals surface area contributed by atoms with Gasteiger partial charge in [-0.3, -0.25) is 4.79 Å². The van der Waals surface area contributed by atoms with Gasteiger partial charge in [0.1, 0.15) is 4.47 Å². The molecular weight excluding hydrogens is 272 g/mol. The Labute approximate surface area is 104 Å². The van der Waals surface area contributed by atoms with Gasteiger partial charge in [-0.1, -0.05) is 0 Å². The first kappa shape index (κ1) is 13.2. The lowest BCUT2D eigenvalue weighted by molar-refractivity contribution is 0.686. The van der Waals surface area contributed by atoms with Crippen molar-refractivity contribution in [2.24, 2.45) is 7.05 Å². The average Bonchev–Trinajstić information content (AvgIpc) is 2.26. The summed E-state index contributed by atoms with van der Waals surface area (Å²) in [7, 11) is 5.52. The molecule has 90 valence electrons. The summed E-state index contributed by atoms with van der Waals surface area (Å²) >= 11 is 3.31. The Morgan fingerprint density at radius 2 is 2.31 bits per heavy atom. The molecule has 0 saturated carbocycles. The van der Waals surface area contributed by atoms with Gasteiger partial charge < -0.3 is 10.2 Å². The maximum Gasteiger partial charge on any atom is 0.282 e. The average molecular weight is 289 g/mol. The van der Waals surface area contributed by atoms with Crippen LogP contribution in [0, 0.1) is 0 Å². The summed E-state index contributed by atoms with van der Waals surface area (Å²) in [5.74, 6) is 0. The fourth-order valence-electron chi connectivity index (χ4n) is 1.38. The number of nitrogens with zero attached hydrogens (tertiary/aromatic N) is 3. The third-order valence-corrected chi connectivity index (χ3v) is 3.14. The quantitative estimate of drug-likeness (QED) is 0.806. The van der Waals surface area contributed by atoms with E-state index in [2.05, 4.69) is 26.3 Å². The Balaban J connectivity index is 2.80. The molecule has 16 heavy (non-hydrogen) atoms. The number of anilines is 1. The van der Waals surface area contributed by atoms with Gasteiger partial charge in [0, 0.05) is 20.6 Å². The molecule has 0 amide bonds. The van der Waals surface area contributed by atoms with Crippen molar-refractivity contribution in [3.8, 4) is 0 Å². The Hall–Kier alpha value is -0.880. The molecule has 0 saturated heterocycles. The lowest BCUT2D eigenvalue weighted by Gasteiger charge is -2.19. The Kier molecular flexibility index (Phi) is 4.95. The van der Waals surface area contributed by atoms with E-state index in [1.54, 1.807) is 13.2 Å². The second kappa shape index (κ2) is 6.00. The highest BCUT2D eigenvalue weighted by molar-refractivity contribution is 9.10. The highest BCUT2D eigenvalue weighted by Crippen LogP contribution is 2.19. The van der Waals surface area contributed by atoms with Crippen LogP contribution in [0.1, 0.15) is 6.42 Å². The topological polar surface area (TPSA) is 50.2 Å². The van der Waals surface area contributed by atoms with Gasteiger partial charge in [0.15, 0.2) is 0 Å². The van der Waals surface area contributed by atoms with Crippen LogP contribution in [-0.4, -0.2) is 37.0 Å². The molecule has 1 heterocycles. The first-order valence-electron chi connectivity index (χ1n) is 5.15. The van der Waals surface area contributed by atoms with Crippen LogP contribution in [0.25, 0.3) is 0 Å². The molecule has 0 aliphatic carbocycles. The van der Waals surface area contributed by atoms with Crippen LogP contribution in [-0.2, 0) is 7.05 Å². The number of halogens is 1. The van der Waals surface area contributed by atoms with Crippen LogP contribution in [0.5, 0.6) is 0 Å². The minimum atomic E-state index is -0.113. The molecule has 0 unspecified atom stereocenters. The number of aryl methyl sites for hydroxylation is 1. The van der Waals surface area contributed by atoms with Gasteiger partial charge in [0.2, 0.25) is 0 Å². The number of nitrogens with one attached hydrogen (secondary N) is 1. The second-order valence-electron chi connectivity index (χ2n) is 3.65. The zero-order valence-electron chi connectivity index (χ0n) is 9.83. The maximum absolute atomic E-state index is 11.6. The van der Waals surface area contributed by atoms with Gasteiger partial charge >= 0.3 is 0 Å². The Bertz CT molecular complexity index is 404. The minimum absolute atomic E-state index is 0.113. The fourth-order valence-corrected chi connectivity index (χ4v) is 2.04. The molecular formula is C10H17BrN4O. The van der Waals surface area contributed by atoms with Crippen LogP contribution in [0.2, 0.25) is 0 Å². The number of aromatic nitrogens is 2. The zero-order chi connectivity index (χ0) is 12.1. The molecule has 0 atom stereocenters. The molecule has 0 aliphatic heterocycles. The van der Waals surface area contributed by atoms with Gasteiger partial charge in [-0.2, -0.15) is 5.10 Å². The van der Waals surface area contributed by atoms with Crippen molar-refractivity contribution in [3.05, 3.63) is 21.0 Å². The van der Waals surface area contributed by atoms with E-state index < -0.39 is 0 Å². The van der Waals surface area contributed by atoms with Crippen molar-refractivity contribution in [2.45, 2.75) is 6.42 Å². The van der Waals surface area contributed by atoms with E-state index >= 15 is 0 Å². The first-order chi connectivity index (χ1) is 7.57. The molecule has 0 spiro atoms. The third-order valence-electron chi connectivity index (χ3n) is 2.39. The monoisotopic (exact) mass is 288 g/mol. The lowest BCUT2D eigenvalue weighted by atomic mass is 10.3. The van der Waals surface area contributed by atoms with Gasteiger partial charge in [-0.15, -0.1) is 0 Å². The predicted molar refractivity (Wildman–Crippen MR) is 69.0 cm³/mol. The van der Waals surface area contributed by atoms with Crippen molar-refractivity contribution in [1.82, 2.24) is 15.1 Å². The highest BCUT2D eigenvalue weighted by atomic mass is 79.9. The van der Waals surface area contributed by atoms with Gasteiger partial charge in [-0.25, -0.2) is 4.68 Å². The summed E-state index contributed by atoms with van der Waals surface area (Å²) in [6, 6.07) is 0. The Morgan fingerprint density at radius 1 is 1.62 bits per heavy atom. The third kappa shape index (κ3) is 3.05. The standard InChI is InChI=1S/C10H17BrN4O/c1-12-5-4-6-14(2)8-7-13-15(3)10(16)9(8)11/h7,12H,4-6H2,1-3H3. The first-order valence-corrected chi connectivity index (χ1v) is 5.94. The van der Waals surface area contributed by atoms with E-state index in [0.717, 1.165) is 25.2 Å². The highest BCUT2D eigenvalue weighted by Gasteiger charge is 2.10. The molecule has 1 aromatic heterocycles. The fraction of sp³-hybridized carbons (Fsp3) is 0.600. The van der Waals surface area contributed by atoms with Gasteiger partial charge in [0.05, 0.1) is 11.9 Å². The molecule has 1 N–H and O–H groups in total. The molecule has 0 bridgehead atoms. The van der Waals surface area contributed by atoms with Crippen molar-refractivity contribution in [1.29, 1.82) is 0 Å². The minimum Gasteiger partial charge on any atom is -0.372 e. The molecule has 1 rings (SSSR count). The van der Waals surface area contributed by atoms with E-state index in [1.807, 2.05) is 19.0 Å².